The van der Waals surface area contributed by atoms with Crippen LogP contribution in [0.5, 0.6) is 0 Å². The summed E-state index contributed by atoms with van der Waals surface area (Å²) in [4.78, 5) is 55.3. The first-order valence-electron chi connectivity index (χ1n) is 16.3. The van der Waals surface area contributed by atoms with Crippen molar-refractivity contribution in [1.82, 2.24) is 5.32 Å². The molecule has 0 aromatic heterocycles. The molecule has 0 spiro atoms. The number of nitrogens with one attached hydrogen (secondary N) is 3. The predicted molar refractivity (Wildman–Crippen MR) is 204 cm³/mol. The molecule has 0 aliphatic rings. The molecule has 0 radical (unpaired) electrons. The number of esters is 1. The fraction of sp³-hybridized carbons (Fsp3) is 0.122. The maximum Gasteiger partial charge on any atom is 0.338 e. The van der Waals surface area contributed by atoms with E-state index in [1.807, 2.05) is 85.7 Å². The molecule has 0 saturated carbocycles. The van der Waals surface area contributed by atoms with Gasteiger partial charge in [0.15, 0.2) is 0 Å². The van der Waals surface area contributed by atoms with Crippen LogP contribution in [-0.4, -0.2) is 44.4 Å². The van der Waals surface area contributed by atoms with E-state index >= 15 is 0 Å². The molecule has 5 aromatic carbocycles. The van der Waals surface area contributed by atoms with Gasteiger partial charge in [0.25, 0.3) is 11.8 Å². The van der Waals surface area contributed by atoms with Crippen LogP contribution in [0.3, 0.4) is 0 Å². The SMILES string of the molecule is CCOC(=O)c1ccc(NC(=O)C(Sc2cccc(NC(=O)/C(=C\c3ccc(N(C)C)cc3)NC(=O)c3ccccc3)c2)c2ccccc2)cc1. The van der Waals surface area contributed by atoms with Crippen LogP contribution in [0.4, 0.5) is 17.1 Å². The van der Waals surface area contributed by atoms with Crippen molar-refractivity contribution in [2.24, 2.45) is 0 Å². The van der Waals surface area contributed by atoms with Gasteiger partial charge in [0.05, 0.1) is 12.2 Å². The van der Waals surface area contributed by atoms with Gasteiger partial charge in [-0.3, -0.25) is 14.4 Å². The molecule has 5 rings (SSSR count). The zero-order valence-corrected chi connectivity index (χ0v) is 29.3. The number of rotatable bonds is 13. The second-order valence-electron chi connectivity index (χ2n) is 11.5. The van der Waals surface area contributed by atoms with Crippen molar-refractivity contribution in [2.75, 3.05) is 36.2 Å². The van der Waals surface area contributed by atoms with E-state index in [9.17, 15) is 19.2 Å². The van der Waals surface area contributed by atoms with E-state index in [1.165, 1.54) is 11.8 Å². The Kier molecular flexibility index (Phi) is 12.4. The van der Waals surface area contributed by atoms with Gasteiger partial charge < -0.3 is 25.6 Å². The topological polar surface area (TPSA) is 117 Å². The van der Waals surface area contributed by atoms with Crippen molar-refractivity contribution in [2.45, 2.75) is 17.1 Å². The van der Waals surface area contributed by atoms with Crippen LogP contribution in [0.1, 0.15) is 44.0 Å². The molecule has 3 N–H and O–H groups in total. The molecule has 0 aliphatic heterocycles. The summed E-state index contributed by atoms with van der Waals surface area (Å²) in [5, 5.41) is 8.00. The van der Waals surface area contributed by atoms with E-state index in [0.29, 0.717) is 22.5 Å². The molecule has 1 unspecified atom stereocenters. The van der Waals surface area contributed by atoms with Crippen molar-refractivity contribution in [3.63, 3.8) is 0 Å². The summed E-state index contributed by atoms with van der Waals surface area (Å²) in [6.07, 6.45) is 1.63. The maximum atomic E-state index is 13.7. The molecule has 0 fully saturated rings. The number of benzene rings is 5. The second-order valence-corrected chi connectivity index (χ2v) is 12.7. The number of anilines is 3. The lowest BCUT2D eigenvalue weighted by Gasteiger charge is -2.18. The highest BCUT2D eigenvalue weighted by Crippen LogP contribution is 2.37. The normalized spacial score (nSPS) is 11.5. The number of hydrogen-bond donors (Lipinski definition) is 3. The fourth-order valence-corrected chi connectivity index (χ4v) is 6.06. The monoisotopic (exact) mass is 698 g/mol. The smallest absolute Gasteiger partial charge is 0.338 e. The van der Waals surface area contributed by atoms with E-state index in [4.69, 9.17) is 4.74 Å². The van der Waals surface area contributed by atoms with Gasteiger partial charge in [-0.2, -0.15) is 0 Å². The highest BCUT2D eigenvalue weighted by atomic mass is 32.2. The van der Waals surface area contributed by atoms with Crippen molar-refractivity contribution in [3.05, 3.63) is 161 Å². The number of hydrogen-bond acceptors (Lipinski definition) is 7. The fourth-order valence-electron chi connectivity index (χ4n) is 4.97. The van der Waals surface area contributed by atoms with Gasteiger partial charge in [0.1, 0.15) is 10.9 Å². The van der Waals surface area contributed by atoms with Gasteiger partial charge in [-0.05, 0) is 90.9 Å². The Labute approximate surface area is 301 Å². The molecule has 3 amide bonds. The second kappa shape index (κ2) is 17.5. The Morgan fingerprint density at radius 1 is 0.725 bits per heavy atom. The summed E-state index contributed by atoms with van der Waals surface area (Å²) in [5.41, 5.74) is 4.39. The molecular weight excluding hydrogens is 661 g/mol. The molecular formula is C41H38N4O5S. The van der Waals surface area contributed by atoms with E-state index < -0.39 is 23.0 Å². The molecule has 0 bridgehead atoms. The third kappa shape index (κ3) is 10.2. The van der Waals surface area contributed by atoms with E-state index in [-0.39, 0.29) is 18.2 Å². The molecule has 0 saturated heterocycles. The highest BCUT2D eigenvalue weighted by Gasteiger charge is 2.23. The van der Waals surface area contributed by atoms with E-state index in [1.54, 1.807) is 79.7 Å². The molecule has 10 heteroatoms. The summed E-state index contributed by atoms with van der Waals surface area (Å²) in [6, 6.07) is 39.4. The van der Waals surface area contributed by atoms with Crippen LogP contribution >= 0.6 is 11.8 Å². The number of nitrogens with zero attached hydrogens (tertiary/aromatic N) is 1. The van der Waals surface area contributed by atoms with Crippen molar-refractivity contribution in [1.29, 1.82) is 0 Å². The average Bonchev–Trinajstić information content (AvgIpc) is 3.15. The van der Waals surface area contributed by atoms with Gasteiger partial charge in [0, 0.05) is 41.6 Å². The predicted octanol–water partition coefficient (Wildman–Crippen LogP) is 7.81. The minimum Gasteiger partial charge on any atom is -0.462 e. The zero-order chi connectivity index (χ0) is 36.2. The van der Waals surface area contributed by atoms with Crippen LogP contribution in [0.2, 0.25) is 0 Å². The molecule has 0 heterocycles. The molecule has 1 atom stereocenters. The van der Waals surface area contributed by atoms with Crippen molar-refractivity contribution < 1.29 is 23.9 Å². The Morgan fingerprint density at radius 2 is 1.39 bits per heavy atom. The standard InChI is InChI=1S/C41H38N4O5S/c1-4-50-41(49)31-20-22-32(23-21-31)42-40(48)37(29-12-7-5-8-13-29)51-35-17-11-16-33(27-35)43-39(47)36(44-38(46)30-14-9-6-10-15-30)26-28-18-24-34(25-19-28)45(2)3/h5-27,37H,4H2,1-3H3,(H,42,48)(H,43,47)(H,44,46)/b36-26+. The molecule has 0 aliphatic carbocycles. The largest absolute Gasteiger partial charge is 0.462 e. The summed E-state index contributed by atoms with van der Waals surface area (Å²) in [5.74, 6) is -1.63. The lowest BCUT2D eigenvalue weighted by atomic mass is 10.1. The average molecular weight is 699 g/mol. The third-order valence-electron chi connectivity index (χ3n) is 7.60. The minimum atomic E-state index is -0.646. The van der Waals surface area contributed by atoms with Crippen LogP contribution in [0.25, 0.3) is 6.08 Å². The van der Waals surface area contributed by atoms with E-state index in [2.05, 4.69) is 16.0 Å². The minimum absolute atomic E-state index is 0.0648. The summed E-state index contributed by atoms with van der Waals surface area (Å²) < 4.78 is 5.05. The number of ether oxygens (including phenoxy) is 1. The first kappa shape index (κ1) is 36.2. The Hall–Kier alpha value is -6.13. The van der Waals surface area contributed by atoms with Gasteiger partial charge in [-0.25, -0.2) is 4.79 Å². The van der Waals surface area contributed by atoms with Gasteiger partial charge in [0.2, 0.25) is 5.91 Å². The number of thioether (sulfide) groups is 1. The maximum absolute atomic E-state index is 13.7. The van der Waals surface area contributed by atoms with Crippen LogP contribution < -0.4 is 20.9 Å². The van der Waals surface area contributed by atoms with Crippen molar-refractivity contribution >= 4 is 58.6 Å². The Morgan fingerprint density at radius 3 is 2.04 bits per heavy atom. The van der Waals surface area contributed by atoms with Gasteiger partial charge >= 0.3 is 5.97 Å². The van der Waals surface area contributed by atoms with E-state index in [0.717, 1.165) is 21.7 Å². The lowest BCUT2D eigenvalue weighted by molar-refractivity contribution is -0.116. The molecule has 258 valence electrons. The molecule has 5 aromatic rings. The first-order valence-corrected chi connectivity index (χ1v) is 17.1. The molecule has 51 heavy (non-hydrogen) atoms. The van der Waals surface area contributed by atoms with Crippen LogP contribution in [0.15, 0.2) is 144 Å². The van der Waals surface area contributed by atoms with Crippen LogP contribution in [-0.2, 0) is 14.3 Å². The Balaban J connectivity index is 1.35. The van der Waals surface area contributed by atoms with Crippen LogP contribution in [0, 0.1) is 0 Å². The number of carbonyl (C=O) groups is 4. The quantitative estimate of drug-likeness (QED) is 0.0653. The summed E-state index contributed by atoms with van der Waals surface area (Å²) >= 11 is 1.32. The van der Waals surface area contributed by atoms with Gasteiger partial charge in [-0.15, -0.1) is 11.8 Å². The lowest BCUT2D eigenvalue weighted by Crippen LogP contribution is -2.30. The first-order chi connectivity index (χ1) is 24.7. The zero-order valence-electron chi connectivity index (χ0n) is 28.5. The highest BCUT2D eigenvalue weighted by molar-refractivity contribution is 8.00. The van der Waals surface area contributed by atoms with Gasteiger partial charge in [-0.1, -0.05) is 66.7 Å². The number of amides is 3. The van der Waals surface area contributed by atoms with Crippen molar-refractivity contribution in [3.8, 4) is 0 Å². The Bertz CT molecular complexity index is 2000. The summed E-state index contributed by atoms with van der Waals surface area (Å²) in [7, 11) is 3.88. The third-order valence-corrected chi connectivity index (χ3v) is 8.85. The molecule has 9 nitrogen and oxygen atoms in total. The summed E-state index contributed by atoms with van der Waals surface area (Å²) in [6.45, 7) is 2.01. The number of carbonyl (C=O) groups excluding carboxylic acids is 4.